The van der Waals surface area contributed by atoms with Crippen LogP contribution in [0, 0.1) is 23.1 Å². The van der Waals surface area contributed by atoms with Crippen molar-refractivity contribution in [3.8, 4) is 6.07 Å². The number of nitriles is 1. The van der Waals surface area contributed by atoms with Gasteiger partial charge < -0.3 is 11.1 Å². The van der Waals surface area contributed by atoms with Gasteiger partial charge >= 0.3 is 0 Å². The smallest absolute Gasteiger partial charge is 0.254 e. The van der Waals surface area contributed by atoms with Crippen molar-refractivity contribution in [2.75, 3.05) is 18.4 Å². The van der Waals surface area contributed by atoms with Crippen molar-refractivity contribution < 1.29 is 9.18 Å². The Morgan fingerprint density at radius 2 is 2.13 bits per heavy atom. The number of primary amides is 1. The number of aromatic nitrogens is 4. The fourth-order valence-corrected chi connectivity index (χ4v) is 3.71. The molecule has 1 amide bonds. The van der Waals surface area contributed by atoms with Crippen LogP contribution in [0.2, 0.25) is 0 Å². The molecule has 1 fully saturated rings. The number of likely N-dealkylation sites (tertiary alicyclic amines) is 1. The number of amides is 1. The van der Waals surface area contributed by atoms with Crippen molar-refractivity contribution in [1.82, 2.24) is 24.9 Å². The molecule has 3 N–H and O–H groups in total. The molecule has 1 aromatic carbocycles. The zero-order chi connectivity index (χ0) is 21.8. The molecule has 10 heteroatoms. The Morgan fingerprint density at radius 1 is 1.32 bits per heavy atom. The summed E-state index contributed by atoms with van der Waals surface area (Å²) < 4.78 is 14.8. The zero-order valence-electron chi connectivity index (χ0n) is 16.6. The van der Waals surface area contributed by atoms with Gasteiger partial charge in [-0.3, -0.25) is 14.4 Å². The van der Waals surface area contributed by atoms with Crippen LogP contribution in [0.15, 0.2) is 48.8 Å². The first-order valence-electron chi connectivity index (χ1n) is 9.83. The van der Waals surface area contributed by atoms with Crippen LogP contribution in [0.3, 0.4) is 0 Å². The number of hydrogen-bond donors (Lipinski definition) is 2. The molecular formula is C21H21FN8O. The quantitative estimate of drug-likeness (QED) is 0.626. The maximum Gasteiger partial charge on any atom is 0.254 e. The van der Waals surface area contributed by atoms with Gasteiger partial charge in [0.15, 0.2) is 5.82 Å². The average molecular weight is 420 g/mol. The Hall–Kier alpha value is -3.84. The Kier molecular flexibility index (Phi) is 5.86. The van der Waals surface area contributed by atoms with Gasteiger partial charge in [-0.25, -0.2) is 4.39 Å². The summed E-state index contributed by atoms with van der Waals surface area (Å²) in [6, 6.07) is 11.5. The summed E-state index contributed by atoms with van der Waals surface area (Å²) in [5.74, 6) is -1.01. The molecule has 9 nitrogen and oxygen atoms in total. The van der Waals surface area contributed by atoms with Gasteiger partial charge in [-0.2, -0.15) is 20.6 Å². The molecule has 1 saturated heterocycles. The number of nitrogens with one attached hydrogen (secondary N) is 1. The van der Waals surface area contributed by atoms with E-state index in [0.717, 1.165) is 12.2 Å². The number of carbonyl (C=O) groups is 1. The molecule has 0 spiro atoms. The summed E-state index contributed by atoms with van der Waals surface area (Å²) in [7, 11) is 0. The topological polar surface area (TPSA) is 126 Å². The number of piperidine rings is 1. The Morgan fingerprint density at radius 3 is 2.81 bits per heavy atom. The van der Waals surface area contributed by atoms with Crippen molar-refractivity contribution in [3.05, 3.63) is 65.9 Å². The van der Waals surface area contributed by atoms with E-state index in [1.807, 2.05) is 12.1 Å². The van der Waals surface area contributed by atoms with Crippen LogP contribution in [0.25, 0.3) is 0 Å². The second-order valence-corrected chi connectivity index (χ2v) is 7.41. The first-order valence-corrected chi connectivity index (χ1v) is 9.83. The van der Waals surface area contributed by atoms with E-state index in [9.17, 15) is 14.4 Å². The molecule has 0 unspecified atom stereocenters. The van der Waals surface area contributed by atoms with Crippen molar-refractivity contribution in [2.24, 2.45) is 11.7 Å². The van der Waals surface area contributed by atoms with E-state index in [2.05, 4.69) is 31.6 Å². The highest BCUT2D eigenvalue weighted by Crippen LogP contribution is 2.30. The summed E-state index contributed by atoms with van der Waals surface area (Å²) in [6.07, 6.45) is 3.85. The normalized spacial score (nSPS) is 19.0. The monoisotopic (exact) mass is 420 g/mol. The number of carbonyl (C=O) groups excluding carboxylic acids is 1. The predicted molar refractivity (Wildman–Crippen MR) is 110 cm³/mol. The summed E-state index contributed by atoms with van der Waals surface area (Å²) >= 11 is 0. The van der Waals surface area contributed by atoms with E-state index in [1.54, 1.807) is 29.2 Å². The fourth-order valence-electron chi connectivity index (χ4n) is 3.71. The summed E-state index contributed by atoms with van der Waals surface area (Å²) in [5, 5.41) is 25.2. The number of benzene rings is 1. The summed E-state index contributed by atoms with van der Waals surface area (Å²) in [6.45, 7) is 1.91. The third kappa shape index (κ3) is 4.67. The van der Waals surface area contributed by atoms with Gasteiger partial charge in [0.2, 0.25) is 0 Å². The van der Waals surface area contributed by atoms with Gasteiger partial charge in [0.25, 0.3) is 5.91 Å². The van der Waals surface area contributed by atoms with Crippen LogP contribution in [0.1, 0.15) is 28.5 Å². The number of nitrogens with zero attached hydrogens (tertiary/aromatic N) is 6. The number of hydrogen-bond acceptors (Lipinski definition) is 7. The first-order chi connectivity index (χ1) is 15.0. The van der Waals surface area contributed by atoms with Gasteiger partial charge in [-0.15, -0.1) is 0 Å². The van der Waals surface area contributed by atoms with Gasteiger partial charge in [0.05, 0.1) is 23.7 Å². The Labute approximate surface area is 178 Å². The average Bonchev–Trinajstić information content (AvgIpc) is 3.20. The lowest BCUT2D eigenvalue weighted by molar-refractivity contribution is 0.1000. The van der Waals surface area contributed by atoms with Crippen molar-refractivity contribution in [2.45, 2.75) is 19.0 Å². The van der Waals surface area contributed by atoms with E-state index in [1.165, 1.54) is 12.1 Å². The van der Waals surface area contributed by atoms with Crippen molar-refractivity contribution >= 4 is 17.4 Å². The van der Waals surface area contributed by atoms with Crippen LogP contribution in [-0.2, 0) is 6.54 Å². The lowest BCUT2D eigenvalue weighted by atomic mass is 9.93. The van der Waals surface area contributed by atoms with E-state index in [-0.39, 0.29) is 29.2 Å². The summed E-state index contributed by atoms with van der Waals surface area (Å²) in [4.78, 5) is 14.2. The first kappa shape index (κ1) is 20.4. The van der Waals surface area contributed by atoms with Crippen LogP contribution in [0.5, 0.6) is 0 Å². The molecule has 2 atom stereocenters. The Bertz CT molecular complexity index is 1090. The fraction of sp³-hybridized carbons (Fsp3) is 0.286. The highest BCUT2D eigenvalue weighted by molar-refractivity contribution is 5.98. The van der Waals surface area contributed by atoms with E-state index >= 15 is 0 Å². The Balaban J connectivity index is 1.59. The molecule has 31 heavy (non-hydrogen) atoms. The van der Waals surface area contributed by atoms with E-state index < -0.39 is 5.91 Å². The SMILES string of the molecule is N#C[C@@H]1CCN(Cc2cccnn2)C[C@H]1n1cc(C(N)=O)c(Nc2ccc(F)cc2)n1. The summed E-state index contributed by atoms with van der Waals surface area (Å²) in [5.41, 5.74) is 7.16. The molecule has 2 aromatic heterocycles. The van der Waals surface area contributed by atoms with E-state index in [4.69, 9.17) is 5.73 Å². The third-order valence-electron chi connectivity index (χ3n) is 5.29. The molecule has 0 bridgehead atoms. The van der Waals surface area contributed by atoms with Gasteiger partial charge in [0, 0.05) is 31.2 Å². The molecule has 158 valence electrons. The highest BCUT2D eigenvalue weighted by Gasteiger charge is 2.32. The molecule has 4 rings (SSSR count). The number of halogens is 1. The lowest BCUT2D eigenvalue weighted by Crippen LogP contribution is -2.41. The van der Waals surface area contributed by atoms with Crippen LogP contribution in [-0.4, -0.2) is 43.9 Å². The molecule has 0 aliphatic carbocycles. The molecule has 1 aliphatic heterocycles. The van der Waals surface area contributed by atoms with Crippen LogP contribution >= 0.6 is 0 Å². The minimum Gasteiger partial charge on any atom is -0.365 e. The van der Waals surface area contributed by atoms with Gasteiger partial charge in [0.1, 0.15) is 11.4 Å². The second-order valence-electron chi connectivity index (χ2n) is 7.41. The number of rotatable bonds is 6. The largest absolute Gasteiger partial charge is 0.365 e. The van der Waals surface area contributed by atoms with Gasteiger partial charge in [-0.1, -0.05) is 0 Å². The molecular weight excluding hydrogens is 399 g/mol. The second kappa shape index (κ2) is 8.89. The molecule has 0 saturated carbocycles. The standard InChI is InChI=1S/C21H21FN8O/c22-15-3-5-16(6-4-15)26-21-18(20(24)31)12-30(28-21)19-13-29(9-7-14(19)10-23)11-17-2-1-8-25-27-17/h1-6,8,12,14,19H,7,9,11,13H2,(H2,24,31)(H,26,28)/t14-,19+/m0/s1. The van der Waals surface area contributed by atoms with Crippen LogP contribution in [0.4, 0.5) is 15.9 Å². The predicted octanol–water partition coefficient (Wildman–Crippen LogP) is 2.24. The third-order valence-corrected chi connectivity index (χ3v) is 5.29. The minimum atomic E-state index is -0.642. The molecule has 3 heterocycles. The van der Waals surface area contributed by atoms with Crippen molar-refractivity contribution in [1.29, 1.82) is 5.26 Å². The minimum absolute atomic E-state index is 0.201. The van der Waals surface area contributed by atoms with E-state index in [0.29, 0.717) is 25.2 Å². The van der Waals surface area contributed by atoms with Gasteiger partial charge in [-0.05, 0) is 49.4 Å². The number of nitrogens with two attached hydrogens (primary N) is 1. The zero-order valence-corrected chi connectivity index (χ0v) is 16.6. The highest BCUT2D eigenvalue weighted by atomic mass is 19.1. The maximum absolute atomic E-state index is 13.2. The van der Waals surface area contributed by atoms with Crippen molar-refractivity contribution in [3.63, 3.8) is 0 Å². The number of anilines is 2. The van der Waals surface area contributed by atoms with Crippen LogP contribution < -0.4 is 11.1 Å². The molecule has 3 aromatic rings. The molecule has 0 radical (unpaired) electrons. The maximum atomic E-state index is 13.2. The molecule has 1 aliphatic rings. The lowest BCUT2D eigenvalue weighted by Gasteiger charge is -2.35.